The van der Waals surface area contributed by atoms with Crippen molar-refractivity contribution >= 4 is 17.7 Å². The Bertz CT molecular complexity index is 357. The summed E-state index contributed by atoms with van der Waals surface area (Å²) in [7, 11) is 0. The lowest BCUT2D eigenvalue weighted by Gasteiger charge is -2.42. The fraction of sp³-hybridized carbons (Fsp3) is 0.857. The molecule has 0 radical (unpaired) electrons. The van der Waals surface area contributed by atoms with E-state index in [1.165, 1.54) is 6.42 Å². The minimum atomic E-state index is -0.714. The molecule has 1 saturated heterocycles. The maximum absolute atomic E-state index is 12.8. The molecule has 3 nitrogen and oxygen atoms in total. The van der Waals surface area contributed by atoms with Gasteiger partial charge in [-0.25, -0.2) is 0 Å². The van der Waals surface area contributed by atoms with Crippen molar-refractivity contribution in [3.63, 3.8) is 0 Å². The largest absolute Gasteiger partial charge is 0.337 e. The molecule has 18 heavy (non-hydrogen) atoms. The van der Waals surface area contributed by atoms with E-state index in [1.54, 1.807) is 0 Å². The van der Waals surface area contributed by atoms with Crippen LogP contribution >= 0.6 is 11.8 Å². The van der Waals surface area contributed by atoms with Gasteiger partial charge in [0.05, 0.1) is 6.07 Å². The van der Waals surface area contributed by atoms with E-state index in [2.05, 4.69) is 19.9 Å². The number of nitrogens with zero attached hydrogens (tertiary/aromatic N) is 2. The summed E-state index contributed by atoms with van der Waals surface area (Å²) >= 11 is 1.92. The van der Waals surface area contributed by atoms with Crippen molar-refractivity contribution in [1.29, 1.82) is 5.26 Å². The topological polar surface area (TPSA) is 44.1 Å². The summed E-state index contributed by atoms with van der Waals surface area (Å²) < 4.78 is 0. The molecule has 0 bridgehead atoms. The Morgan fingerprint density at radius 1 is 1.33 bits per heavy atom. The normalized spacial score (nSPS) is 31.7. The van der Waals surface area contributed by atoms with Crippen LogP contribution in [0.25, 0.3) is 0 Å². The monoisotopic (exact) mass is 266 g/mol. The highest BCUT2D eigenvalue weighted by atomic mass is 32.2. The van der Waals surface area contributed by atoms with Crippen LogP contribution in [0.5, 0.6) is 0 Å². The Kier molecular flexibility index (Phi) is 4.21. The Morgan fingerprint density at radius 3 is 2.61 bits per heavy atom. The molecule has 0 aromatic carbocycles. The fourth-order valence-corrected chi connectivity index (χ4v) is 4.12. The number of rotatable bonds is 1. The summed E-state index contributed by atoms with van der Waals surface area (Å²) in [5, 5.41) is 9.97. The van der Waals surface area contributed by atoms with Gasteiger partial charge in [-0.3, -0.25) is 4.79 Å². The van der Waals surface area contributed by atoms with E-state index < -0.39 is 5.41 Å². The maximum atomic E-state index is 12.8. The molecule has 2 fully saturated rings. The quantitative estimate of drug-likeness (QED) is 0.733. The average Bonchev–Trinajstić information content (AvgIpc) is 2.42. The van der Waals surface area contributed by atoms with Gasteiger partial charge in [-0.05, 0) is 19.8 Å². The summed E-state index contributed by atoms with van der Waals surface area (Å²) in [5.74, 6) is 1.10. The first-order valence-corrected chi connectivity index (χ1v) is 7.99. The van der Waals surface area contributed by atoms with Gasteiger partial charge in [-0.2, -0.15) is 17.0 Å². The smallest absolute Gasteiger partial charge is 0.243 e. The molecule has 1 aliphatic heterocycles. The Morgan fingerprint density at radius 2 is 2.00 bits per heavy atom. The highest BCUT2D eigenvalue weighted by molar-refractivity contribution is 8.00. The van der Waals surface area contributed by atoms with Crippen molar-refractivity contribution < 1.29 is 4.79 Å². The molecule has 0 N–H and O–H groups in total. The van der Waals surface area contributed by atoms with Crippen molar-refractivity contribution in [2.75, 3.05) is 12.3 Å². The molecule has 0 aromatic heterocycles. The van der Waals surface area contributed by atoms with Gasteiger partial charge in [-0.15, -0.1) is 0 Å². The Balaban J connectivity index is 2.16. The number of carbonyl (C=O) groups is 1. The molecule has 2 aliphatic rings. The van der Waals surface area contributed by atoms with Crippen molar-refractivity contribution in [3.8, 4) is 6.07 Å². The first-order chi connectivity index (χ1) is 8.60. The number of thioether (sulfide) groups is 1. The van der Waals surface area contributed by atoms with Gasteiger partial charge >= 0.3 is 0 Å². The van der Waals surface area contributed by atoms with Crippen LogP contribution in [-0.2, 0) is 4.79 Å². The molecule has 4 heteroatoms. The maximum Gasteiger partial charge on any atom is 0.243 e. The lowest BCUT2D eigenvalue weighted by Crippen LogP contribution is -2.53. The zero-order valence-electron chi connectivity index (χ0n) is 11.3. The molecule has 1 amide bonds. The number of amides is 1. The average molecular weight is 266 g/mol. The molecule has 1 aliphatic carbocycles. The van der Waals surface area contributed by atoms with E-state index in [0.29, 0.717) is 5.25 Å². The third-order valence-electron chi connectivity index (χ3n) is 4.48. The summed E-state index contributed by atoms with van der Waals surface area (Å²) in [5.41, 5.74) is -0.714. The van der Waals surface area contributed by atoms with Crippen LogP contribution < -0.4 is 0 Å². The van der Waals surface area contributed by atoms with Crippen LogP contribution in [0.15, 0.2) is 0 Å². The fourth-order valence-electron chi connectivity index (χ4n) is 3.02. The van der Waals surface area contributed by atoms with E-state index >= 15 is 0 Å². The van der Waals surface area contributed by atoms with Crippen LogP contribution in [0.3, 0.4) is 0 Å². The van der Waals surface area contributed by atoms with E-state index in [9.17, 15) is 10.1 Å². The summed E-state index contributed by atoms with van der Waals surface area (Å²) in [6.45, 7) is 5.09. The molecule has 2 atom stereocenters. The first kappa shape index (κ1) is 13.7. The lowest BCUT2D eigenvalue weighted by molar-refractivity contribution is -0.142. The molecule has 0 unspecified atom stereocenters. The summed E-state index contributed by atoms with van der Waals surface area (Å²) in [4.78, 5) is 14.7. The molecule has 2 rings (SSSR count). The third kappa shape index (κ3) is 2.38. The molecule has 1 saturated carbocycles. The van der Waals surface area contributed by atoms with Gasteiger partial charge < -0.3 is 4.90 Å². The van der Waals surface area contributed by atoms with Crippen LogP contribution in [0.4, 0.5) is 0 Å². The van der Waals surface area contributed by atoms with Crippen LogP contribution in [0, 0.1) is 16.7 Å². The van der Waals surface area contributed by atoms with Gasteiger partial charge in [0.25, 0.3) is 0 Å². The molecule has 1 heterocycles. The van der Waals surface area contributed by atoms with Crippen LogP contribution in [0.1, 0.15) is 46.0 Å². The number of hydrogen-bond acceptors (Lipinski definition) is 3. The molecular weight excluding hydrogens is 244 g/mol. The number of carbonyl (C=O) groups excluding carboxylic acids is 1. The predicted octanol–water partition coefficient (Wildman–Crippen LogP) is 2.81. The highest BCUT2D eigenvalue weighted by Crippen LogP contribution is 2.39. The zero-order valence-corrected chi connectivity index (χ0v) is 12.1. The third-order valence-corrected chi connectivity index (χ3v) is 5.81. The van der Waals surface area contributed by atoms with Crippen molar-refractivity contribution in [2.24, 2.45) is 5.41 Å². The SMILES string of the molecule is C[C@@H]1SCCN(C(=O)C2(C#N)CCCCC2)[C@@H]1C. The summed E-state index contributed by atoms with van der Waals surface area (Å²) in [6.07, 6.45) is 4.72. The molecule has 100 valence electrons. The van der Waals surface area contributed by atoms with Crippen LogP contribution in [-0.4, -0.2) is 34.4 Å². The van der Waals surface area contributed by atoms with Gasteiger partial charge in [-0.1, -0.05) is 26.2 Å². The minimum Gasteiger partial charge on any atom is -0.337 e. The second-order valence-electron chi connectivity index (χ2n) is 5.57. The van der Waals surface area contributed by atoms with E-state index in [4.69, 9.17) is 0 Å². The van der Waals surface area contributed by atoms with Gasteiger partial charge in [0.1, 0.15) is 5.41 Å². The van der Waals surface area contributed by atoms with Crippen molar-refractivity contribution in [2.45, 2.75) is 57.2 Å². The van der Waals surface area contributed by atoms with E-state index in [1.807, 2.05) is 16.7 Å². The van der Waals surface area contributed by atoms with Crippen molar-refractivity contribution in [3.05, 3.63) is 0 Å². The summed E-state index contributed by atoms with van der Waals surface area (Å²) in [6, 6.07) is 2.61. The first-order valence-electron chi connectivity index (χ1n) is 6.95. The van der Waals surface area contributed by atoms with E-state index in [-0.39, 0.29) is 11.9 Å². The number of hydrogen-bond donors (Lipinski definition) is 0. The van der Waals surface area contributed by atoms with Gasteiger partial charge in [0.2, 0.25) is 5.91 Å². The van der Waals surface area contributed by atoms with Gasteiger partial charge in [0, 0.05) is 23.6 Å². The number of nitriles is 1. The molecular formula is C14H22N2OS. The predicted molar refractivity (Wildman–Crippen MR) is 74.2 cm³/mol. The zero-order chi connectivity index (χ0) is 13.2. The molecule has 0 aromatic rings. The Labute approximate surface area is 114 Å². The second-order valence-corrected chi connectivity index (χ2v) is 7.05. The lowest BCUT2D eigenvalue weighted by atomic mass is 9.74. The Hall–Kier alpha value is -0.690. The van der Waals surface area contributed by atoms with E-state index in [0.717, 1.165) is 38.0 Å². The highest BCUT2D eigenvalue weighted by Gasteiger charge is 2.44. The minimum absolute atomic E-state index is 0.101. The van der Waals surface area contributed by atoms with Crippen molar-refractivity contribution in [1.82, 2.24) is 4.90 Å². The second kappa shape index (κ2) is 5.52. The molecule has 0 spiro atoms. The standard InChI is InChI=1S/C14H22N2OS/c1-11-12(2)18-9-8-16(11)13(17)14(10-15)6-4-3-5-7-14/h11-12H,3-9H2,1-2H3/t11-,12+/m1/s1. The van der Waals surface area contributed by atoms with Crippen LogP contribution in [0.2, 0.25) is 0 Å². The van der Waals surface area contributed by atoms with Gasteiger partial charge in [0.15, 0.2) is 0 Å².